The molecule has 0 bridgehead atoms. The summed E-state index contributed by atoms with van der Waals surface area (Å²) in [6.07, 6.45) is 0. The first-order valence-electron chi connectivity index (χ1n) is 6.87. The van der Waals surface area contributed by atoms with Crippen LogP contribution in [0.4, 0.5) is 5.69 Å². The van der Waals surface area contributed by atoms with Crippen LogP contribution in [0, 0.1) is 6.92 Å². The number of nitrogens with one attached hydrogen (secondary N) is 1. The van der Waals surface area contributed by atoms with Crippen molar-refractivity contribution >= 4 is 11.6 Å². The number of carbonyl (C=O) groups is 1. The van der Waals surface area contributed by atoms with E-state index in [-0.39, 0.29) is 5.91 Å². The fourth-order valence-electron chi connectivity index (χ4n) is 2.56. The SMILES string of the molecule is CNCC(C)N1CCN(c2cccc(C)c2)C(=O)C1. The van der Waals surface area contributed by atoms with E-state index in [1.54, 1.807) is 0 Å². The number of carbonyl (C=O) groups excluding carboxylic acids is 1. The quantitative estimate of drug-likeness (QED) is 0.886. The zero-order valence-corrected chi connectivity index (χ0v) is 12.0. The van der Waals surface area contributed by atoms with Crippen LogP contribution in [0.2, 0.25) is 0 Å². The van der Waals surface area contributed by atoms with Gasteiger partial charge in [-0.1, -0.05) is 12.1 Å². The number of aryl methyl sites for hydroxylation is 1. The number of benzene rings is 1. The Morgan fingerprint density at radius 1 is 1.37 bits per heavy atom. The lowest BCUT2D eigenvalue weighted by atomic mass is 10.1. The van der Waals surface area contributed by atoms with E-state index in [0.29, 0.717) is 12.6 Å². The summed E-state index contributed by atoms with van der Waals surface area (Å²) in [7, 11) is 1.95. The first-order valence-corrected chi connectivity index (χ1v) is 6.87. The zero-order valence-electron chi connectivity index (χ0n) is 12.0. The molecule has 1 amide bonds. The third kappa shape index (κ3) is 3.33. The number of amides is 1. The van der Waals surface area contributed by atoms with Crippen molar-refractivity contribution in [1.29, 1.82) is 0 Å². The molecule has 1 aromatic carbocycles. The zero-order chi connectivity index (χ0) is 13.8. The van der Waals surface area contributed by atoms with Gasteiger partial charge in [0.2, 0.25) is 5.91 Å². The minimum Gasteiger partial charge on any atom is -0.318 e. The van der Waals surface area contributed by atoms with Crippen LogP contribution in [0.3, 0.4) is 0 Å². The summed E-state index contributed by atoms with van der Waals surface area (Å²) < 4.78 is 0. The van der Waals surface area contributed by atoms with Gasteiger partial charge < -0.3 is 10.2 Å². The molecule has 0 saturated carbocycles. The Kier molecular flexibility index (Phi) is 4.56. The number of rotatable bonds is 4. The number of hydrogen-bond donors (Lipinski definition) is 1. The van der Waals surface area contributed by atoms with E-state index in [2.05, 4.69) is 36.2 Å². The Balaban J connectivity index is 2.03. The summed E-state index contributed by atoms with van der Waals surface area (Å²) in [5.41, 5.74) is 2.21. The van der Waals surface area contributed by atoms with Crippen molar-refractivity contribution in [3.05, 3.63) is 29.8 Å². The molecule has 104 valence electrons. The predicted molar refractivity (Wildman–Crippen MR) is 78.5 cm³/mol. The van der Waals surface area contributed by atoms with Crippen LogP contribution in [0.5, 0.6) is 0 Å². The smallest absolute Gasteiger partial charge is 0.241 e. The summed E-state index contributed by atoms with van der Waals surface area (Å²) in [4.78, 5) is 16.4. The van der Waals surface area contributed by atoms with Crippen molar-refractivity contribution in [3.8, 4) is 0 Å². The Labute approximate surface area is 115 Å². The Bertz CT molecular complexity index is 447. The average molecular weight is 261 g/mol. The highest BCUT2D eigenvalue weighted by Crippen LogP contribution is 2.19. The minimum atomic E-state index is 0.194. The van der Waals surface area contributed by atoms with Gasteiger partial charge in [0.1, 0.15) is 0 Å². The lowest BCUT2D eigenvalue weighted by molar-refractivity contribution is -0.121. The molecule has 1 unspecified atom stereocenters. The van der Waals surface area contributed by atoms with Crippen molar-refractivity contribution in [1.82, 2.24) is 10.2 Å². The van der Waals surface area contributed by atoms with E-state index < -0.39 is 0 Å². The molecule has 1 saturated heterocycles. The van der Waals surface area contributed by atoms with Gasteiger partial charge in [-0.05, 0) is 38.6 Å². The average Bonchev–Trinajstić information content (AvgIpc) is 2.38. The minimum absolute atomic E-state index is 0.194. The van der Waals surface area contributed by atoms with Crippen LogP contribution in [-0.2, 0) is 4.79 Å². The number of hydrogen-bond acceptors (Lipinski definition) is 3. The van der Waals surface area contributed by atoms with E-state index in [1.807, 2.05) is 24.1 Å². The summed E-state index contributed by atoms with van der Waals surface area (Å²) in [5, 5.41) is 3.16. The normalized spacial score (nSPS) is 18.7. The lowest BCUT2D eigenvalue weighted by Crippen LogP contribution is -2.54. The Morgan fingerprint density at radius 3 is 2.79 bits per heavy atom. The molecule has 4 nitrogen and oxygen atoms in total. The second-order valence-electron chi connectivity index (χ2n) is 5.26. The molecule has 19 heavy (non-hydrogen) atoms. The number of piperazine rings is 1. The largest absolute Gasteiger partial charge is 0.318 e. The van der Waals surface area contributed by atoms with Gasteiger partial charge in [-0.2, -0.15) is 0 Å². The number of likely N-dealkylation sites (N-methyl/N-ethyl adjacent to an activating group) is 1. The molecule has 0 radical (unpaired) electrons. The fraction of sp³-hybridized carbons (Fsp3) is 0.533. The maximum atomic E-state index is 12.3. The summed E-state index contributed by atoms with van der Waals surface area (Å²) in [5.74, 6) is 0.194. The molecule has 1 aliphatic heterocycles. The molecule has 0 spiro atoms. The first-order chi connectivity index (χ1) is 9.11. The van der Waals surface area contributed by atoms with Crippen molar-refractivity contribution < 1.29 is 4.79 Å². The van der Waals surface area contributed by atoms with Crippen LogP contribution >= 0.6 is 0 Å². The summed E-state index contributed by atoms with van der Waals surface area (Å²) in [6.45, 7) is 7.35. The molecular weight excluding hydrogens is 238 g/mol. The van der Waals surface area contributed by atoms with Crippen LogP contribution < -0.4 is 10.2 Å². The Morgan fingerprint density at radius 2 is 2.16 bits per heavy atom. The molecule has 1 N–H and O–H groups in total. The van der Waals surface area contributed by atoms with Crippen molar-refractivity contribution in [2.45, 2.75) is 19.9 Å². The van der Waals surface area contributed by atoms with Gasteiger partial charge >= 0.3 is 0 Å². The molecule has 2 rings (SSSR count). The summed E-state index contributed by atoms with van der Waals surface area (Å²) in [6, 6.07) is 8.55. The number of anilines is 1. The molecule has 0 aliphatic carbocycles. The second kappa shape index (κ2) is 6.17. The first kappa shape index (κ1) is 14.0. The fourth-order valence-corrected chi connectivity index (χ4v) is 2.56. The third-order valence-electron chi connectivity index (χ3n) is 3.69. The van der Waals surface area contributed by atoms with E-state index in [0.717, 1.165) is 25.3 Å². The highest BCUT2D eigenvalue weighted by Gasteiger charge is 2.27. The molecule has 1 aliphatic rings. The molecule has 1 aromatic rings. The topological polar surface area (TPSA) is 35.6 Å². The van der Waals surface area contributed by atoms with Gasteiger partial charge in [0.15, 0.2) is 0 Å². The van der Waals surface area contributed by atoms with Gasteiger partial charge in [-0.15, -0.1) is 0 Å². The third-order valence-corrected chi connectivity index (χ3v) is 3.69. The van der Waals surface area contributed by atoms with Gasteiger partial charge in [-0.3, -0.25) is 9.69 Å². The molecule has 1 heterocycles. The maximum absolute atomic E-state index is 12.3. The molecular formula is C15H23N3O. The van der Waals surface area contributed by atoms with Crippen molar-refractivity contribution in [3.63, 3.8) is 0 Å². The molecule has 4 heteroatoms. The highest BCUT2D eigenvalue weighted by atomic mass is 16.2. The van der Waals surface area contributed by atoms with Gasteiger partial charge in [0, 0.05) is 31.4 Å². The van der Waals surface area contributed by atoms with E-state index in [1.165, 1.54) is 5.56 Å². The Hall–Kier alpha value is -1.39. The summed E-state index contributed by atoms with van der Waals surface area (Å²) >= 11 is 0. The van der Waals surface area contributed by atoms with Crippen LogP contribution in [0.25, 0.3) is 0 Å². The van der Waals surface area contributed by atoms with E-state index >= 15 is 0 Å². The van der Waals surface area contributed by atoms with Crippen molar-refractivity contribution in [2.24, 2.45) is 0 Å². The van der Waals surface area contributed by atoms with Gasteiger partial charge in [0.25, 0.3) is 0 Å². The van der Waals surface area contributed by atoms with E-state index in [4.69, 9.17) is 0 Å². The van der Waals surface area contributed by atoms with Gasteiger partial charge in [0.05, 0.1) is 6.54 Å². The highest BCUT2D eigenvalue weighted by molar-refractivity contribution is 5.95. The van der Waals surface area contributed by atoms with Gasteiger partial charge in [-0.25, -0.2) is 0 Å². The second-order valence-corrected chi connectivity index (χ2v) is 5.26. The van der Waals surface area contributed by atoms with E-state index in [9.17, 15) is 4.79 Å². The van der Waals surface area contributed by atoms with Crippen LogP contribution in [0.15, 0.2) is 24.3 Å². The van der Waals surface area contributed by atoms with Crippen molar-refractivity contribution in [2.75, 3.05) is 38.1 Å². The number of nitrogens with zero attached hydrogens (tertiary/aromatic N) is 2. The van der Waals surface area contributed by atoms with Crippen LogP contribution in [-0.4, -0.2) is 50.1 Å². The maximum Gasteiger partial charge on any atom is 0.241 e. The lowest BCUT2D eigenvalue weighted by Gasteiger charge is -2.37. The monoisotopic (exact) mass is 261 g/mol. The molecule has 1 atom stereocenters. The van der Waals surface area contributed by atoms with Crippen LogP contribution in [0.1, 0.15) is 12.5 Å². The predicted octanol–water partition coefficient (Wildman–Crippen LogP) is 1.25. The standard InChI is InChI=1S/C15H23N3O/c1-12-5-4-6-14(9-12)18-8-7-17(11-15(18)19)13(2)10-16-3/h4-6,9,13,16H,7-8,10-11H2,1-3H3. The molecule has 0 aromatic heterocycles. The molecule has 1 fully saturated rings.